The quantitative estimate of drug-likeness (QED) is 0.600. The molecule has 0 atom stereocenters. The van der Waals surface area contributed by atoms with Crippen LogP contribution in [0.1, 0.15) is 31.7 Å². The van der Waals surface area contributed by atoms with Crippen molar-refractivity contribution in [3.63, 3.8) is 0 Å². The van der Waals surface area contributed by atoms with Crippen LogP contribution < -0.4 is 0 Å². The first-order chi connectivity index (χ1) is 13.0. The van der Waals surface area contributed by atoms with Crippen LogP contribution in [0, 0.1) is 5.82 Å². The molecule has 0 saturated carbocycles. The lowest BCUT2D eigenvalue weighted by Crippen LogP contribution is -2.36. The number of amides is 1. The number of carbonyl (C=O) groups is 1. The van der Waals surface area contributed by atoms with Crippen LogP contribution in [0.4, 0.5) is 4.39 Å². The maximum absolute atomic E-state index is 13.9. The van der Waals surface area contributed by atoms with E-state index in [0.717, 1.165) is 5.56 Å². The van der Waals surface area contributed by atoms with Crippen molar-refractivity contribution in [2.24, 2.45) is 0 Å². The van der Waals surface area contributed by atoms with E-state index in [4.69, 9.17) is 4.42 Å². The predicted octanol–water partition coefficient (Wildman–Crippen LogP) is 4.85. The number of hydrogen-bond acceptors (Lipinski definition) is 3. The van der Waals surface area contributed by atoms with Gasteiger partial charge in [0.15, 0.2) is 11.7 Å². The van der Waals surface area contributed by atoms with Crippen molar-refractivity contribution in [2.75, 3.05) is 0 Å². The summed E-state index contributed by atoms with van der Waals surface area (Å²) < 4.78 is 19.5. The average molecular weight is 366 g/mol. The van der Waals surface area contributed by atoms with Gasteiger partial charge < -0.3 is 9.32 Å². The Balaban J connectivity index is 1.63. The van der Waals surface area contributed by atoms with Gasteiger partial charge in [-0.15, -0.1) is 0 Å². The number of hydrogen-bond donors (Lipinski definition) is 0. The van der Waals surface area contributed by atoms with Gasteiger partial charge in [0.05, 0.1) is 11.8 Å². The Hall–Kier alpha value is -2.95. The standard InChI is InChI=1S/C22H23FN2O2/c1-16(2)25(15-17-8-4-3-5-9-17)22(26)13-12-21-24-14-20(27-21)18-10-6-7-11-19(18)23/h3-11,14,16H,12-13,15H2,1-2H3. The summed E-state index contributed by atoms with van der Waals surface area (Å²) in [6, 6.07) is 16.4. The van der Waals surface area contributed by atoms with E-state index in [1.54, 1.807) is 18.2 Å². The molecule has 1 amide bonds. The van der Waals surface area contributed by atoms with Gasteiger partial charge in [0.2, 0.25) is 5.91 Å². The first-order valence-corrected chi connectivity index (χ1v) is 9.07. The zero-order valence-corrected chi connectivity index (χ0v) is 15.6. The van der Waals surface area contributed by atoms with Gasteiger partial charge in [-0.1, -0.05) is 42.5 Å². The van der Waals surface area contributed by atoms with Gasteiger partial charge in [-0.3, -0.25) is 4.79 Å². The summed E-state index contributed by atoms with van der Waals surface area (Å²) in [4.78, 5) is 18.7. The number of rotatable bonds is 7. The monoisotopic (exact) mass is 366 g/mol. The molecule has 0 aliphatic carbocycles. The minimum atomic E-state index is -0.356. The van der Waals surface area contributed by atoms with Crippen molar-refractivity contribution in [2.45, 2.75) is 39.3 Å². The highest BCUT2D eigenvalue weighted by molar-refractivity contribution is 5.76. The molecule has 2 aromatic carbocycles. The average Bonchev–Trinajstić information content (AvgIpc) is 3.14. The summed E-state index contributed by atoms with van der Waals surface area (Å²) in [5.41, 5.74) is 1.47. The second kappa shape index (κ2) is 8.62. The van der Waals surface area contributed by atoms with E-state index in [-0.39, 0.29) is 17.8 Å². The van der Waals surface area contributed by atoms with Gasteiger partial charge in [0.25, 0.3) is 0 Å². The summed E-state index contributed by atoms with van der Waals surface area (Å²) in [5.74, 6) is 0.496. The van der Waals surface area contributed by atoms with Crippen LogP contribution in [0.3, 0.4) is 0 Å². The van der Waals surface area contributed by atoms with Crippen molar-refractivity contribution in [3.8, 4) is 11.3 Å². The van der Waals surface area contributed by atoms with E-state index in [0.29, 0.717) is 36.6 Å². The zero-order chi connectivity index (χ0) is 19.2. The van der Waals surface area contributed by atoms with Gasteiger partial charge in [-0.05, 0) is 31.5 Å². The van der Waals surface area contributed by atoms with Crippen molar-refractivity contribution in [1.29, 1.82) is 0 Å². The normalized spacial score (nSPS) is 11.0. The van der Waals surface area contributed by atoms with Crippen molar-refractivity contribution >= 4 is 5.91 Å². The molecule has 4 nitrogen and oxygen atoms in total. The molecule has 0 unspecified atom stereocenters. The second-order valence-corrected chi connectivity index (χ2v) is 6.70. The molecule has 1 aromatic heterocycles. The Morgan fingerprint density at radius 2 is 1.81 bits per heavy atom. The molecule has 140 valence electrons. The number of aromatic nitrogens is 1. The lowest BCUT2D eigenvalue weighted by molar-refractivity contribution is -0.133. The molecular weight excluding hydrogens is 343 g/mol. The van der Waals surface area contributed by atoms with E-state index in [1.165, 1.54) is 12.3 Å². The van der Waals surface area contributed by atoms with E-state index in [2.05, 4.69) is 4.98 Å². The number of nitrogens with zero attached hydrogens (tertiary/aromatic N) is 2. The highest BCUT2D eigenvalue weighted by atomic mass is 19.1. The molecule has 0 bridgehead atoms. The Kier molecular flexibility index (Phi) is 6.01. The smallest absolute Gasteiger partial charge is 0.223 e. The summed E-state index contributed by atoms with van der Waals surface area (Å²) in [6.45, 7) is 4.58. The van der Waals surface area contributed by atoms with Crippen molar-refractivity contribution < 1.29 is 13.6 Å². The topological polar surface area (TPSA) is 46.3 Å². The van der Waals surface area contributed by atoms with E-state index >= 15 is 0 Å². The molecule has 0 radical (unpaired) electrons. The summed E-state index contributed by atoms with van der Waals surface area (Å²) >= 11 is 0. The van der Waals surface area contributed by atoms with Gasteiger partial charge in [0, 0.05) is 25.4 Å². The number of benzene rings is 2. The van der Waals surface area contributed by atoms with Gasteiger partial charge in [0.1, 0.15) is 5.82 Å². The third-order valence-electron chi connectivity index (χ3n) is 4.39. The fraction of sp³-hybridized carbons (Fsp3) is 0.273. The highest BCUT2D eigenvalue weighted by Crippen LogP contribution is 2.23. The van der Waals surface area contributed by atoms with Crippen molar-refractivity contribution in [3.05, 3.63) is 78.1 Å². The highest BCUT2D eigenvalue weighted by Gasteiger charge is 2.18. The number of carbonyl (C=O) groups excluding carboxylic acids is 1. The molecule has 3 rings (SSSR count). The molecular formula is C22H23FN2O2. The largest absolute Gasteiger partial charge is 0.441 e. The predicted molar refractivity (Wildman–Crippen MR) is 102 cm³/mol. The Morgan fingerprint density at radius 3 is 2.52 bits per heavy atom. The molecule has 0 aliphatic heterocycles. The van der Waals surface area contributed by atoms with Crippen LogP contribution in [0.2, 0.25) is 0 Å². The number of aryl methyl sites for hydroxylation is 1. The maximum atomic E-state index is 13.9. The minimum Gasteiger partial charge on any atom is -0.441 e. The molecule has 0 N–H and O–H groups in total. The maximum Gasteiger partial charge on any atom is 0.223 e. The van der Waals surface area contributed by atoms with Crippen molar-refractivity contribution in [1.82, 2.24) is 9.88 Å². The zero-order valence-electron chi connectivity index (χ0n) is 15.6. The van der Waals surface area contributed by atoms with E-state index in [1.807, 2.05) is 49.1 Å². The Labute approximate surface area is 158 Å². The lowest BCUT2D eigenvalue weighted by atomic mass is 10.1. The third kappa shape index (κ3) is 4.82. The molecule has 0 saturated heterocycles. The van der Waals surface area contributed by atoms with Crippen LogP contribution in [0.25, 0.3) is 11.3 Å². The van der Waals surface area contributed by atoms with Crippen LogP contribution >= 0.6 is 0 Å². The first kappa shape index (κ1) is 18.8. The van der Waals surface area contributed by atoms with E-state index in [9.17, 15) is 9.18 Å². The molecule has 27 heavy (non-hydrogen) atoms. The van der Waals surface area contributed by atoms with E-state index < -0.39 is 0 Å². The van der Waals surface area contributed by atoms with Gasteiger partial charge >= 0.3 is 0 Å². The van der Waals surface area contributed by atoms with Crippen LogP contribution in [-0.2, 0) is 17.8 Å². The number of oxazole rings is 1. The molecule has 0 spiro atoms. The molecule has 0 fully saturated rings. The minimum absolute atomic E-state index is 0.0412. The first-order valence-electron chi connectivity index (χ1n) is 9.07. The van der Waals surface area contributed by atoms with Gasteiger partial charge in [-0.25, -0.2) is 9.37 Å². The van der Waals surface area contributed by atoms with Crippen LogP contribution in [-0.4, -0.2) is 21.8 Å². The summed E-state index contributed by atoms with van der Waals surface area (Å²) in [7, 11) is 0. The molecule has 0 aliphatic rings. The molecule has 3 aromatic rings. The fourth-order valence-electron chi connectivity index (χ4n) is 2.91. The SMILES string of the molecule is CC(C)N(Cc1ccccc1)C(=O)CCc1ncc(-c2ccccc2F)o1. The lowest BCUT2D eigenvalue weighted by Gasteiger charge is -2.27. The second-order valence-electron chi connectivity index (χ2n) is 6.70. The Bertz CT molecular complexity index is 890. The van der Waals surface area contributed by atoms with Crippen LogP contribution in [0.5, 0.6) is 0 Å². The number of halogens is 1. The summed E-state index contributed by atoms with van der Waals surface area (Å²) in [6.07, 6.45) is 2.18. The third-order valence-corrected chi connectivity index (χ3v) is 4.39. The Morgan fingerprint density at radius 1 is 1.11 bits per heavy atom. The van der Waals surface area contributed by atoms with Crippen LogP contribution in [0.15, 0.2) is 65.2 Å². The molecule has 5 heteroatoms. The van der Waals surface area contributed by atoms with Gasteiger partial charge in [-0.2, -0.15) is 0 Å². The fourth-order valence-corrected chi connectivity index (χ4v) is 2.91. The molecule has 1 heterocycles. The summed E-state index contributed by atoms with van der Waals surface area (Å²) in [5, 5.41) is 0.